The van der Waals surface area contributed by atoms with Crippen LogP contribution < -0.4 is 5.32 Å². The van der Waals surface area contributed by atoms with Crippen LogP contribution in [0.5, 0.6) is 0 Å². The summed E-state index contributed by atoms with van der Waals surface area (Å²) >= 11 is 0. The van der Waals surface area contributed by atoms with E-state index in [4.69, 9.17) is 4.98 Å². The van der Waals surface area contributed by atoms with Gasteiger partial charge in [0.15, 0.2) is 0 Å². The molecular formula is C15H21N3. The molecule has 2 aromatic rings. The van der Waals surface area contributed by atoms with Crippen LogP contribution in [0.1, 0.15) is 37.1 Å². The van der Waals surface area contributed by atoms with E-state index in [2.05, 4.69) is 41.9 Å². The van der Waals surface area contributed by atoms with E-state index in [1.165, 1.54) is 29.7 Å². The number of piperidine rings is 1. The Morgan fingerprint density at radius 2 is 2.11 bits per heavy atom. The minimum Gasteiger partial charge on any atom is -0.328 e. The first kappa shape index (κ1) is 11.7. The van der Waals surface area contributed by atoms with Crippen LogP contribution in [0.4, 0.5) is 0 Å². The number of nitrogens with zero attached hydrogens (tertiary/aromatic N) is 2. The molecule has 3 rings (SSSR count). The molecule has 1 aliphatic rings. The van der Waals surface area contributed by atoms with Crippen LogP contribution in [0.25, 0.3) is 11.0 Å². The quantitative estimate of drug-likeness (QED) is 0.879. The van der Waals surface area contributed by atoms with Crippen molar-refractivity contribution in [3.8, 4) is 0 Å². The third-order valence-corrected chi connectivity index (χ3v) is 3.95. The summed E-state index contributed by atoms with van der Waals surface area (Å²) in [6.45, 7) is 7.60. The molecule has 1 aliphatic heterocycles. The van der Waals surface area contributed by atoms with Crippen LogP contribution in [0.15, 0.2) is 18.2 Å². The summed E-state index contributed by atoms with van der Waals surface area (Å²) in [5.41, 5.74) is 3.74. The second kappa shape index (κ2) is 4.73. The summed E-state index contributed by atoms with van der Waals surface area (Å²) in [5.74, 6) is 1.92. The molecule has 96 valence electrons. The molecule has 0 bridgehead atoms. The standard InChI is InChI=1S/C15H21N3/c1-3-18-14-5-4-11(2)10-13(14)17-15(18)12-6-8-16-9-7-12/h4-5,10,12,16H,3,6-9H2,1-2H3. The van der Waals surface area contributed by atoms with Crippen molar-refractivity contribution in [1.29, 1.82) is 0 Å². The van der Waals surface area contributed by atoms with Crippen molar-refractivity contribution >= 4 is 11.0 Å². The molecule has 3 heteroatoms. The molecule has 1 aromatic heterocycles. The Morgan fingerprint density at radius 3 is 2.83 bits per heavy atom. The van der Waals surface area contributed by atoms with Gasteiger partial charge in [0.2, 0.25) is 0 Å². The number of rotatable bonds is 2. The fourth-order valence-corrected chi connectivity index (χ4v) is 2.98. The Kier molecular flexibility index (Phi) is 3.08. The second-order valence-corrected chi connectivity index (χ2v) is 5.23. The van der Waals surface area contributed by atoms with Gasteiger partial charge in [-0.15, -0.1) is 0 Å². The lowest BCUT2D eigenvalue weighted by atomic mass is 9.97. The van der Waals surface area contributed by atoms with Gasteiger partial charge in [-0.2, -0.15) is 0 Å². The number of hydrogen-bond acceptors (Lipinski definition) is 2. The zero-order chi connectivity index (χ0) is 12.5. The first-order valence-corrected chi connectivity index (χ1v) is 6.97. The largest absolute Gasteiger partial charge is 0.328 e. The maximum absolute atomic E-state index is 4.90. The van der Waals surface area contributed by atoms with Gasteiger partial charge in [0.05, 0.1) is 11.0 Å². The number of nitrogens with one attached hydrogen (secondary N) is 1. The number of fused-ring (bicyclic) bond motifs is 1. The molecule has 0 unspecified atom stereocenters. The van der Waals surface area contributed by atoms with Crippen LogP contribution in [0, 0.1) is 6.92 Å². The topological polar surface area (TPSA) is 29.9 Å². The van der Waals surface area contributed by atoms with Crippen molar-refractivity contribution in [2.75, 3.05) is 13.1 Å². The summed E-state index contributed by atoms with van der Waals surface area (Å²) in [7, 11) is 0. The fourth-order valence-electron chi connectivity index (χ4n) is 2.98. The van der Waals surface area contributed by atoms with Gasteiger partial charge in [0.25, 0.3) is 0 Å². The highest BCUT2D eigenvalue weighted by Crippen LogP contribution is 2.28. The van der Waals surface area contributed by atoms with Gasteiger partial charge in [-0.05, 0) is 57.5 Å². The lowest BCUT2D eigenvalue weighted by Crippen LogP contribution is -2.28. The highest BCUT2D eigenvalue weighted by molar-refractivity contribution is 5.77. The lowest BCUT2D eigenvalue weighted by molar-refractivity contribution is 0.434. The maximum atomic E-state index is 4.90. The normalized spacial score (nSPS) is 17.4. The SMILES string of the molecule is CCn1c(C2CCNCC2)nc2cc(C)ccc21. The molecule has 2 heterocycles. The molecule has 0 atom stereocenters. The number of aryl methyl sites for hydroxylation is 2. The molecule has 1 fully saturated rings. The second-order valence-electron chi connectivity index (χ2n) is 5.23. The summed E-state index contributed by atoms with van der Waals surface area (Å²) in [4.78, 5) is 4.90. The van der Waals surface area contributed by atoms with Crippen LogP contribution in [-0.4, -0.2) is 22.6 Å². The van der Waals surface area contributed by atoms with Gasteiger partial charge in [-0.25, -0.2) is 4.98 Å². The molecule has 0 radical (unpaired) electrons. The van der Waals surface area contributed by atoms with Gasteiger partial charge < -0.3 is 9.88 Å². The maximum Gasteiger partial charge on any atom is 0.113 e. The van der Waals surface area contributed by atoms with E-state index in [0.29, 0.717) is 5.92 Å². The van der Waals surface area contributed by atoms with E-state index < -0.39 is 0 Å². The smallest absolute Gasteiger partial charge is 0.113 e. The molecule has 1 aromatic carbocycles. The summed E-state index contributed by atoms with van der Waals surface area (Å²) < 4.78 is 2.39. The molecule has 0 amide bonds. The molecule has 1 saturated heterocycles. The fraction of sp³-hybridized carbons (Fsp3) is 0.533. The Morgan fingerprint density at radius 1 is 1.33 bits per heavy atom. The van der Waals surface area contributed by atoms with E-state index in [9.17, 15) is 0 Å². The lowest BCUT2D eigenvalue weighted by Gasteiger charge is -2.22. The average molecular weight is 243 g/mol. The molecule has 3 nitrogen and oxygen atoms in total. The summed E-state index contributed by atoms with van der Waals surface area (Å²) in [6, 6.07) is 6.60. The zero-order valence-corrected chi connectivity index (χ0v) is 11.2. The number of aromatic nitrogens is 2. The van der Waals surface area contributed by atoms with Crippen molar-refractivity contribution in [3.63, 3.8) is 0 Å². The monoisotopic (exact) mass is 243 g/mol. The van der Waals surface area contributed by atoms with Crippen molar-refractivity contribution in [1.82, 2.24) is 14.9 Å². The van der Waals surface area contributed by atoms with E-state index in [1.54, 1.807) is 0 Å². The molecule has 0 saturated carbocycles. The Hall–Kier alpha value is -1.35. The predicted molar refractivity (Wildman–Crippen MR) is 75.0 cm³/mol. The third kappa shape index (κ3) is 1.93. The van der Waals surface area contributed by atoms with Crippen LogP contribution in [-0.2, 0) is 6.54 Å². The molecule has 1 N–H and O–H groups in total. The van der Waals surface area contributed by atoms with Gasteiger partial charge in [-0.1, -0.05) is 6.07 Å². The zero-order valence-electron chi connectivity index (χ0n) is 11.2. The van der Waals surface area contributed by atoms with E-state index >= 15 is 0 Å². The van der Waals surface area contributed by atoms with Gasteiger partial charge in [0, 0.05) is 12.5 Å². The average Bonchev–Trinajstić information content (AvgIpc) is 2.77. The third-order valence-electron chi connectivity index (χ3n) is 3.95. The van der Waals surface area contributed by atoms with Crippen LogP contribution >= 0.6 is 0 Å². The van der Waals surface area contributed by atoms with Crippen molar-refractivity contribution in [2.24, 2.45) is 0 Å². The molecule has 18 heavy (non-hydrogen) atoms. The summed E-state index contributed by atoms with van der Waals surface area (Å²) in [5, 5.41) is 3.43. The first-order chi connectivity index (χ1) is 8.79. The summed E-state index contributed by atoms with van der Waals surface area (Å²) in [6.07, 6.45) is 2.42. The Labute approximate surface area is 108 Å². The van der Waals surface area contributed by atoms with E-state index in [0.717, 1.165) is 25.2 Å². The first-order valence-electron chi connectivity index (χ1n) is 6.97. The van der Waals surface area contributed by atoms with Crippen molar-refractivity contribution in [2.45, 2.75) is 39.2 Å². The van der Waals surface area contributed by atoms with Gasteiger partial charge in [0.1, 0.15) is 5.82 Å². The number of benzene rings is 1. The molecular weight excluding hydrogens is 222 g/mol. The number of imidazole rings is 1. The molecule has 0 aliphatic carbocycles. The Bertz CT molecular complexity index is 550. The van der Waals surface area contributed by atoms with Crippen molar-refractivity contribution in [3.05, 3.63) is 29.6 Å². The highest BCUT2D eigenvalue weighted by Gasteiger charge is 2.21. The van der Waals surface area contributed by atoms with E-state index in [-0.39, 0.29) is 0 Å². The van der Waals surface area contributed by atoms with Crippen molar-refractivity contribution < 1.29 is 0 Å². The minimum atomic E-state index is 0.624. The van der Waals surface area contributed by atoms with Crippen LogP contribution in [0.3, 0.4) is 0 Å². The van der Waals surface area contributed by atoms with Gasteiger partial charge in [-0.3, -0.25) is 0 Å². The predicted octanol–water partition coefficient (Wildman–Crippen LogP) is 2.83. The van der Waals surface area contributed by atoms with Crippen LogP contribution in [0.2, 0.25) is 0 Å². The minimum absolute atomic E-state index is 0.624. The highest BCUT2D eigenvalue weighted by atomic mass is 15.1. The van der Waals surface area contributed by atoms with Gasteiger partial charge >= 0.3 is 0 Å². The molecule has 0 spiro atoms. The van der Waals surface area contributed by atoms with E-state index in [1.807, 2.05) is 0 Å². The number of hydrogen-bond donors (Lipinski definition) is 1. The Balaban J connectivity index is 2.09.